The van der Waals surface area contributed by atoms with Gasteiger partial charge in [0.1, 0.15) is 23.9 Å². The van der Waals surface area contributed by atoms with Crippen LogP contribution in [-0.2, 0) is 25.8 Å². The number of likely N-dealkylation sites (tertiary alicyclic amines) is 1. The van der Waals surface area contributed by atoms with Gasteiger partial charge in [-0.25, -0.2) is 9.29 Å². The van der Waals surface area contributed by atoms with Crippen molar-refractivity contribution in [2.45, 2.75) is 58.6 Å². The number of imide groups is 2. The normalized spacial score (nSPS) is 31.9. The minimum absolute atomic E-state index is 0.159. The molecule has 40 heavy (non-hydrogen) atoms. The van der Waals surface area contributed by atoms with Crippen LogP contribution in [0, 0.1) is 34.9 Å². The topological polar surface area (TPSA) is 108 Å². The number of amides is 4. The molecule has 1 N–H and O–H groups in total. The Balaban J connectivity index is 1.51. The maximum absolute atomic E-state index is 14.3. The first-order chi connectivity index (χ1) is 18.8. The van der Waals surface area contributed by atoms with Gasteiger partial charge in [-0.1, -0.05) is 23.3 Å². The van der Waals surface area contributed by atoms with Crippen LogP contribution in [0.2, 0.25) is 5.02 Å². The SMILES string of the molecule is CC(C)(C)N1C(=O)[C@H]2[C@H](CC=C3[C@H]2C[C@H]2C(=O)N(c4ccc(F)c(Cl)c4)C(=O)[C@@]2(C)[C@H]3c2ccc(CO)o2)C1=O. The van der Waals surface area contributed by atoms with Gasteiger partial charge in [0.25, 0.3) is 0 Å². The summed E-state index contributed by atoms with van der Waals surface area (Å²) in [7, 11) is 0. The molecular weight excluding hydrogens is 539 g/mol. The maximum atomic E-state index is 14.3. The second kappa shape index (κ2) is 8.85. The van der Waals surface area contributed by atoms with Crippen LogP contribution in [0.3, 0.4) is 0 Å². The van der Waals surface area contributed by atoms with Crippen LogP contribution in [0.5, 0.6) is 0 Å². The number of nitrogens with zero attached hydrogens (tertiary/aromatic N) is 2. The lowest BCUT2D eigenvalue weighted by atomic mass is 9.52. The zero-order valence-electron chi connectivity index (χ0n) is 22.6. The Morgan fingerprint density at radius 2 is 1.80 bits per heavy atom. The Morgan fingerprint density at radius 1 is 1.07 bits per heavy atom. The Kier molecular flexibility index (Phi) is 5.95. The third kappa shape index (κ3) is 3.53. The highest BCUT2D eigenvalue weighted by Gasteiger charge is 2.68. The molecule has 1 saturated carbocycles. The molecular formula is C30H30ClFN2O6. The van der Waals surface area contributed by atoms with E-state index in [1.807, 2.05) is 26.8 Å². The molecule has 2 saturated heterocycles. The van der Waals surface area contributed by atoms with E-state index in [-0.39, 0.29) is 35.6 Å². The van der Waals surface area contributed by atoms with Crippen LogP contribution in [-0.4, -0.2) is 39.2 Å². The fourth-order valence-electron chi connectivity index (χ4n) is 7.48. The van der Waals surface area contributed by atoms with E-state index in [4.69, 9.17) is 16.0 Å². The summed E-state index contributed by atoms with van der Waals surface area (Å²) in [6.07, 6.45) is 2.46. The van der Waals surface area contributed by atoms with Crippen molar-refractivity contribution in [2.75, 3.05) is 4.90 Å². The lowest BCUT2D eigenvalue weighted by molar-refractivity contribution is -0.145. The maximum Gasteiger partial charge on any atom is 0.241 e. The summed E-state index contributed by atoms with van der Waals surface area (Å²) >= 11 is 6.01. The molecule has 2 aromatic rings. The third-order valence-electron chi connectivity index (χ3n) is 9.23. The number of aliphatic hydroxyl groups excluding tert-OH is 1. The number of carbonyl (C=O) groups is 4. The van der Waals surface area contributed by atoms with Gasteiger partial charge in [-0.15, -0.1) is 0 Å². The Labute approximate surface area is 235 Å². The Morgan fingerprint density at radius 3 is 2.42 bits per heavy atom. The van der Waals surface area contributed by atoms with Gasteiger partial charge in [0.05, 0.1) is 39.8 Å². The number of benzene rings is 1. The first-order valence-corrected chi connectivity index (χ1v) is 13.8. The molecule has 0 spiro atoms. The van der Waals surface area contributed by atoms with E-state index in [0.717, 1.165) is 16.5 Å². The largest absolute Gasteiger partial charge is 0.463 e. The molecule has 10 heteroatoms. The summed E-state index contributed by atoms with van der Waals surface area (Å²) in [6, 6.07) is 7.00. The summed E-state index contributed by atoms with van der Waals surface area (Å²) in [4.78, 5) is 57.9. The van der Waals surface area contributed by atoms with Gasteiger partial charge in [0, 0.05) is 5.54 Å². The van der Waals surface area contributed by atoms with E-state index in [9.17, 15) is 28.7 Å². The molecule has 4 aliphatic rings. The number of fused-ring (bicyclic) bond motifs is 4. The van der Waals surface area contributed by atoms with Crippen molar-refractivity contribution in [3.05, 3.63) is 64.3 Å². The molecule has 1 aromatic carbocycles. The van der Waals surface area contributed by atoms with E-state index in [1.165, 1.54) is 17.0 Å². The summed E-state index contributed by atoms with van der Waals surface area (Å²) in [5, 5.41) is 9.47. The molecule has 210 valence electrons. The highest BCUT2D eigenvalue weighted by Crippen LogP contribution is 2.64. The summed E-state index contributed by atoms with van der Waals surface area (Å²) < 4.78 is 19.9. The average Bonchev–Trinajstić information content (AvgIpc) is 3.52. The van der Waals surface area contributed by atoms with E-state index in [0.29, 0.717) is 17.9 Å². The molecule has 8 nitrogen and oxygen atoms in total. The van der Waals surface area contributed by atoms with Crippen LogP contribution in [0.25, 0.3) is 0 Å². The number of rotatable bonds is 3. The quantitative estimate of drug-likeness (QED) is 0.428. The van der Waals surface area contributed by atoms with Crippen LogP contribution < -0.4 is 4.90 Å². The van der Waals surface area contributed by atoms with Crippen LogP contribution in [0.1, 0.15) is 58.0 Å². The average molecular weight is 569 g/mol. The van der Waals surface area contributed by atoms with Gasteiger partial charge in [0.2, 0.25) is 23.6 Å². The van der Waals surface area contributed by atoms with Gasteiger partial charge in [-0.2, -0.15) is 0 Å². The number of carbonyl (C=O) groups excluding carboxylic acids is 4. The monoisotopic (exact) mass is 568 g/mol. The second-order valence-electron chi connectivity index (χ2n) is 12.4. The van der Waals surface area contributed by atoms with Crippen molar-refractivity contribution in [3.63, 3.8) is 0 Å². The summed E-state index contributed by atoms with van der Waals surface area (Å²) in [5.41, 5.74) is -1.06. The number of anilines is 1. The van der Waals surface area contributed by atoms with Gasteiger partial charge < -0.3 is 9.52 Å². The van der Waals surface area contributed by atoms with E-state index >= 15 is 0 Å². The molecule has 0 unspecified atom stereocenters. The smallest absolute Gasteiger partial charge is 0.241 e. The fraction of sp³-hybridized carbons (Fsp3) is 0.467. The van der Waals surface area contributed by atoms with Gasteiger partial charge in [0.15, 0.2) is 0 Å². The Hall–Kier alpha value is -3.30. The molecule has 6 rings (SSSR count). The molecule has 3 heterocycles. The van der Waals surface area contributed by atoms with Crippen molar-refractivity contribution in [1.82, 2.24) is 4.90 Å². The van der Waals surface area contributed by atoms with Crippen molar-refractivity contribution < 1.29 is 33.1 Å². The number of halogens is 2. The highest BCUT2D eigenvalue weighted by atomic mass is 35.5. The standard InChI is InChI=1S/C30H30ClFN2O6/c1-29(2,3)34-25(36)17-8-7-16-18(23(17)27(34)38)12-19-26(37)33(14-5-9-21(32)20(31)11-14)28(39)30(19,4)24(16)22-10-6-15(13-35)40-22/h5-7,9-11,17-19,23-24,35H,8,12-13H2,1-4H3/t17-,18+,19-,23-,24+,30+/m0/s1. The number of hydrogen-bond acceptors (Lipinski definition) is 6. The van der Waals surface area contributed by atoms with E-state index in [2.05, 4.69) is 0 Å². The van der Waals surface area contributed by atoms with Crippen molar-refractivity contribution >= 4 is 40.9 Å². The number of allylic oxidation sites excluding steroid dienone is 2. The van der Waals surface area contributed by atoms with E-state index < -0.39 is 58.2 Å². The molecule has 0 radical (unpaired) electrons. The molecule has 3 fully saturated rings. The fourth-order valence-corrected chi connectivity index (χ4v) is 7.66. The number of hydrogen-bond donors (Lipinski definition) is 1. The molecule has 4 amide bonds. The van der Waals surface area contributed by atoms with Crippen LogP contribution >= 0.6 is 11.6 Å². The summed E-state index contributed by atoms with van der Waals surface area (Å²) in [6.45, 7) is 6.83. The molecule has 2 aliphatic heterocycles. The predicted octanol–water partition coefficient (Wildman–Crippen LogP) is 4.59. The number of furan rings is 1. The molecule has 0 bridgehead atoms. The molecule has 6 atom stereocenters. The second-order valence-corrected chi connectivity index (χ2v) is 12.8. The minimum Gasteiger partial charge on any atom is -0.463 e. The summed E-state index contributed by atoms with van der Waals surface area (Å²) in [5.74, 6) is -4.66. The highest BCUT2D eigenvalue weighted by molar-refractivity contribution is 6.31. The lowest BCUT2D eigenvalue weighted by Crippen LogP contribution is -2.49. The third-order valence-corrected chi connectivity index (χ3v) is 9.52. The van der Waals surface area contributed by atoms with Crippen molar-refractivity contribution in [2.24, 2.45) is 29.1 Å². The lowest BCUT2D eigenvalue weighted by Gasteiger charge is -2.48. The zero-order valence-corrected chi connectivity index (χ0v) is 23.4. The molecule has 1 aromatic heterocycles. The van der Waals surface area contributed by atoms with Crippen molar-refractivity contribution in [1.29, 1.82) is 0 Å². The minimum atomic E-state index is -1.30. The van der Waals surface area contributed by atoms with Crippen molar-refractivity contribution in [3.8, 4) is 0 Å². The van der Waals surface area contributed by atoms with Crippen LogP contribution in [0.4, 0.5) is 10.1 Å². The van der Waals surface area contributed by atoms with Gasteiger partial charge in [-0.05, 0) is 76.8 Å². The predicted molar refractivity (Wildman–Crippen MR) is 142 cm³/mol. The first-order valence-electron chi connectivity index (χ1n) is 13.4. The van der Waals surface area contributed by atoms with Gasteiger partial charge in [-0.3, -0.25) is 24.1 Å². The van der Waals surface area contributed by atoms with E-state index in [1.54, 1.807) is 19.1 Å². The van der Waals surface area contributed by atoms with Crippen LogP contribution in [0.15, 0.2) is 46.4 Å². The molecule has 2 aliphatic carbocycles. The Bertz CT molecular complexity index is 1510. The number of aliphatic hydroxyl groups is 1. The first kappa shape index (κ1) is 26.9. The van der Waals surface area contributed by atoms with Gasteiger partial charge >= 0.3 is 0 Å². The zero-order chi connectivity index (χ0) is 28.9.